The van der Waals surface area contributed by atoms with Gasteiger partial charge in [0.25, 0.3) is 0 Å². The summed E-state index contributed by atoms with van der Waals surface area (Å²) in [5, 5.41) is 18.1. The summed E-state index contributed by atoms with van der Waals surface area (Å²) >= 11 is 0. The van der Waals surface area contributed by atoms with Crippen LogP contribution in [-0.4, -0.2) is 19.1 Å². The van der Waals surface area contributed by atoms with Crippen LogP contribution in [0.3, 0.4) is 0 Å². The molecule has 0 amide bonds. The lowest BCUT2D eigenvalue weighted by Gasteiger charge is -2.06. The Morgan fingerprint density at radius 2 is 1.90 bits per heavy atom. The molecule has 10 heavy (non-hydrogen) atoms. The van der Waals surface area contributed by atoms with E-state index in [-0.39, 0.29) is 5.57 Å². The maximum Gasteiger partial charge on any atom is 0.146 e. The van der Waals surface area contributed by atoms with Crippen molar-refractivity contribution in [3.8, 4) is 12.1 Å². The lowest BCUT2D eigenvalue weighted by Crippen LogP contribution is -2.25. The van der Waals surface area contributed by atoms with E-state index < -0.39 is 0 Å². The van der Waals surface area contributed by atoms with Gasteiger partial charge in [0.05, 0.1) is 0 Å². The number of hydrogen-bond donors (Lipinski definition) is 1. The first kappa shape index (κ1) is 8.48. The third-order valence-electron chi connectivity index (χ3n) is 0.708. The first-order valence-electron chi connectivity index (χ1n) is 2.64. The molecule has 0 atom stereocenters. The van der Waals surface area contributed by atoms with Gasteiger partial charge in [-0.2, -0.15) is 10.5 Å². The second kappa shape index (κ2) is 4.37. The average Bonchev–Trinajstić information content (AvgIpc) is 1.90. The first-order valence-corrected chi connectivity index (χ1v) is 2.64. The van der Waals surface area contributed by atoms with Crippen molar-refractivity contribution in [3.63, 3.8) is 0 Å². The van der Waals surface area contributed by atoms with E-state index in [0.717, 1.165) is 0 Å². The zero-order valence-electron chi connectivity index (χ0n) is 5.92. The molecule has 0 aromatic heterocycles. The highest BCUT2D eigenvalue weighted by Gasteiger charge is 1.88. The largest absolute Gasteiger partial charge is 0.325 e. The fourth-order valence-corrected chi connectivity index (χ4v) is 0.283. The van der Waals surface area contributed by atoms with Gasteiger partial charge in [-0.05, 0) is 0 Å². The van der Waals surface area contributed by atoms with Gasteiger partial charge in [-0.15, -0.1) is 0 Å². The molecule has 0 radical (unpaired) electrons. The Balaban J connectivity index is 3.94. The van der Waals surface area contributed by atoms with Crippen molar-refractivity contribution >= 4 is 0 Å². The molecule has 0 aromatic rings. The van der Waals surface area contributed by atoms with Gasteiger partial charge >= 0.3 is 0 Å². The third kappa shape index (κ3) is 3.48. The van der Waals surface area contributed by atoms with Gasteiger partial charge in [0, 0.05) is 20.3 Å². The number of nitriles is 2. The van der Waals surface area contributed by atoms with Crippen molar-refractivity contribution in [2.75, 3.05) is 14.1 Å². The van der Waals surface area contributed by atoms with Gasteiger partial charge in [0.1, 0.15) is 17.7 Å². The normalized spacial score (nSPS) is 7.70. The standard InChI is InChI=1S/C6H8N4/c1-10(2)9-5-6(3-7)4-8/h5,9H,1-2H3. The van der Waals surface area contributed by atoms with E-state index in [9.17, 15) is 0 Å². The van der Waals surface area contributed by atoms with Gasteiger partial charge in [0.2, 0.25) is 0 Å². The zero-order chi connectivity index (χ0) is 7.98. The second-order valence-corrected chi connectivity index (χ2v) is 1.81. The Kier molecular flexibility index (Phi) is 3.70. The van der Waals surface area contributed by atoms with Gasteiger partial charge in [0.15, 0.2) is 0 Å². The van der Waals surface area contributed by atoms with E-state index in [1.165, 1.54) is 6.20 Å². The summed E-state index contributed by atoms with van der Waals surface area (Å²) in [6, 6.07) is 3.44. The molecule has 0 unspecified atom stereocenters. The van der Waals surface area contributed by atoms with Crippen LogP contribution in [0.1, 0.15) is 0 Å². The minimum atomic E-state index is 0.0636. The summed E-state index contributed by atoms with van der Waals surface area (Å²) in [5.74, 6) is 0. The molecule has 0 saturated heterocycles. The van der Waals surface area contributed by atoms with E-state index in [4.69, 9.17) is 10.5 Å². The van der Waals surface area contributed by atoms with Crippen LogP contribution in [-0.2, 0) is 0 Å². The third-order valence-corrected chi connectivity index (χ3v) is 0.708. The Morgan fingerprint density at radius 1 is 1.40 bits per heavy atom. The Bertz CT molecular complexity index is 187. The molecule has 0 aliphatic heterocycles. The summed E-state index contributed by atoms with van der Waals surface area (Å²) < 4.78 is 0. The summed E-state index contributed by atoms with van der Waals surface area (Å²) in [6.07, 6.45) is 1.35. The van der Waals surface area contributed by atoms with Crippen LogP contribution in [0.4, 0.5) is 0 Å². The van der Waals surface area contributed by atoms with Crippen LogP contribution in [0.25, 0.3) is 0 Å². The molecule has 4 heteroatoms. The van der Waals surface area contributed by atoms with Gasteiger partial charge in [-0.1, -0.05) is 0 Å². The molecule has 0 bridgehead atoms. The maximum absolute atomic E-state index is 8.24. The predicted octanol–water partition coefficient (Wildman–Crippen LogP) is -0.0163. The quantitative estimate of drug-likeness (QED) is 0.428. The lowest BCUT2D eigenvalue weighted by molar-refractivity contribution is 0.342. The molecule has 4 nitrogen and oxygen atoms in total. The molecule has 0 aromatic carbocycles. The molecule has 0 saturated carbocycles. The van der Waals surface area contributed by atoms with Crippen molar-refractivity contribution in [1.29, 1.82) is 10.5 Å². The second-order valence-electron chi connectivity index (χ2n) is 1.81. The smallest absolute Gasteiger partial charge is 0.146 e. The van der Waals surface area contributed by atoms with E-state index in [1.54, 1.807) is 31.2 Å². The number of nitrogens with zero attached hydrogens (tertiary/aromatic N) is 3. The van der Waals surface area contributed by atoms with Gasteiger partial charge in [-0.25, -0.2) is 5.01 Å². The van der Waals surface area contributed by atoms with Crippen molar-refractivity contribution in [3.05, 3.63) is 11.8 Å². The van der Waals surface area contributed by atoms with Crippen LogP contribution in [0.5, 0.6) is 0 Å². The topological polar surface area (TPSA) is 62.9 Å². The van der Waals surface area contributed by atoms with E-state index in [1.807, 2.05) is 0 Å². The summed E-state index contributed by atoms with van der Waals surface area (Å²) in [5.41, 5.74) is 2.74. The number of rotatable bonds is 2. The van der Waals surface area contributed by atoms with Gasteiger partial charge < -0.3 is 5.43 Å². The molecule has 0 rings (SSSR count). The molecule has 0 heterocycles. The maximum atomic E-state index is 8.24. The fourth-order valence-electron chi connectivity index (χ4n) is 0.283. The number of allylic oxidation sites excluding steroid dienone is 1. The van der Waals surface area contributed by atoms with Crippen LogP contribution in [0.2, 0.25) is 0 Å². The van der Waals surface area contributed by atoms with E-state index >= 15 is 0 Å². The number of hydrogen-bond acceptors (Lipinski definition) is 4. The Labute approximate surface area is 59.9 Å². The molecule has 52 valence electrons. The Morgan fingerprint density at radius 3 is 2.20 bits per heavy atom. The van der Waals surface area contributed by atoms with E-state index in [0.29, 0.717) is 0 Å². The van der Waals surface area contributed by atoms with Crippen molar-refractivity contribution in [2.24, 2.45) is 0 Å². The molecular weight excluding hydrogens is 128 g/mol. The highest BCUT2D eigenvalue weighted by atomic mass is 15.5. The molecule has 0 fully saturated rings. The van der Waals surface area contributed by atoms with E-state index in [2.05, 4.69) is 5.43 Å². The summed E-state index contributed by atoms with van der Waals surface area (Å²) in [4.78, 5) is 0. The molecule has 0 aliphatic carbocycles. The highest BCUT2D eigenvalue weighted by molar-refractivity contribution is 5.34. The first-order chi connectivity index (χ1) is 4.70. The van der Waals surface area contributed by atoms with Crippen molar-refractivity contribution in [1.82, 2.24) is 10.4 Å². The summed E-state index contributed by atoms with van der Waals surface area (Å²) in [7, 11) is 3.53. The highest BCUT2D eigenvalue weighted by Crippen LogP contribution is 1.84. The van der Waals surface area contributed by atoms with Crippen molar-refractivity contribution < 1.29 is 0 Å². The molecular formula is C6H8N4. The molecule has 0 spiro atoms. The van der Waals surface area contributed by atoms with Crippen LogP contribution in [0, 0.1) is 22.7 Å². The zero-order valence-corrected chi connectivity index (χ0v) is 5.92. The predicted molar refractivity (Wildman–Crippen MR) is 36.1 cm³/mol. The van der Waals surface area contributed by atoms with Crippen molar-refractivity contribution in [2.45, 2.75) is 0 Å². The minimum absolute atomic E-state index is 0.0636. The number of nitrogens with one attached hydrogen (secondary N) is 1. The van der Waals surface area contributed by atoms with Crippen LogP contribution < -0.4 is 5.43 Å². The Hall–Kier alpha value is -1.52. The lowest BCUT2D eigenvalue weighted by atomic mass is 10.4. The SMILES string of the molecule is CN(C)NC=C(C#N)C#N. The van der Waals surface area contributed by atoms with Crippen LogP contribution in [0.15, 0.2) is 11.8 Å². The molecule has 1 N–H and O–H groups in total. The average molecular weight is 136 g/mol. The number of hydrazine groups is 1. The molecule has 0 aliphatic rings. The monoisotopic (exact) mass is 136 g/mol. The van der Waals surface area contributed by atoms with Gasteiger partial charge in [-0.3, -0.25) is 0 Å². The fraction of sp³-hybridized carbons (Fsp3) is 0.333. The van der Waals surface area contributed by atoms with Crippen LogP contribution >= 0.6 is 0 Å². The minimum Gasteiger partial charge on any atom is -0.325 e. The summed E-state index contributed by atoms with van der Waals surface area (Å²) in [6.45, 7) is 0.